The first kappa shape index (κ1) is 31.2. The lowest BCUT2D eigenvalue weighted by atomic mass is 10.0. The smallest absolute Gasteiger partial charge is 0.248 e. The number of hydrogen-bond acceptors (Lipinski definition) is 8. The monoisotopic (exact) mass is 588 g/mol. The van der Waals surface area contributed by atoms with Gasteiger partial charge in [0, 0.05) is 58.5 Å². The lowest BCUT2D eigenvalue weighted by molar-refractivity contribution is -0.138. The van der Waals surface area contributed by atoms with Gasteiger partial charge in [0.2, 0.25) is 5.91 Å². The number of benzene rings is 2. The lowest BCUT2D eigenvalue weighted by Gasteiger charge is -2.33. The third-order valence-corrected chi connectivity index (χ3v) is 6.89. The van der Waals surface area contributed by atoms with Gasteiger partial charge in [0.1, 0.15) is 24.6 Å². The first-order valence-electron chi connectivity index (χ1n) is 13.8. The topological polar surface area (TPSA) is 98.5 Å². The summed E-state index contributed by atoms with van der Waals surface area (Å²) < 4.78 is 51.2. The lowest BCUT2D eigenvalue weighted by Crippen LogP contribution is -2.52. The highest BCUT2D eigenvalue weighted by molar-refractivity contribution is 5.77. The molecule has 1 N–H and O–H groups in total. The highest BCUT2D eigenvalue weighted by Gasteiger charge is 2.37. The van der Waals surface area contributed by atoms with Crippen LogP contribution in [-0.4, -0.2) is 96.4 Å². The molecule has 3 aromatic rings. The summed E-state index contributed by atoms with van der Waals surface area (Å²) in [7, 11) is 3.01. The highest BCUT2D eigenvalue weighted by atomic mass is 19.2. The number of methoxy groups -OCH3 is 2. The molecule has 2 heterocycles. The standard InChI is InChI=1S/C30H38F2N4O6/c1-22-15-33-36(16-22)9-4-12-41-27-8-5-23(13-28(27)40-3)17-34-10-11-35(29(37)18-39-2)20-30(38,19-34)21-42-24-6-7-25(31)26(32)14-24/h5-8,13-16,38H,4,9-12,17-21H2,1-3H3/t30-/m0/s1. The second-order valence-electron chi connectivity index (χ2n) is 10.5. The van der Waals surface area contributed by atoms with Crippen molar-refractivity contribution in [1.29, 1.82) is 0 Å². The summed E-state index contributed by atoms with van der Waals surface area (Å²) in [5, 5.41) is 15.9. The summed E-state index contributed by atoms with van der Waals surface area (Å²) >= 11 is 0. The zero-order chi connectivity index (χ0) is 30.1. The quantitative estimate of drug-likeness (QED) is 0.305. The Bertz CT molecular complexity index is 1340. The molecule has 0 spiro atoms. The Labute approximate surface area is 244 Å². The molecule has 1 aromatic heterocycles. The van der Waals surface area contributed by atoms with Crippen molar-refractivity contribution in [3.8, 4) is 17.2 Å². The van der Waals surface area contributed by atoms with Crippen molar-refractivity contribution in [1.82, 2.24) is 19.6 Å². The summed E-state index contributed by atoms with van der Waals surface area (Å²) in [6, 6.07) is 8.86. The molecule has 0 radical (unpaired) electrons. The molecular formula is C30H38F2N4O6. The minimum atomic E-state index is -1.50. The molecule has 2 aromatic carbocycles. The number of ether oxygens (including phenoxy) is 4. The van der Waals surface area contributed by atoms with Gasteiger partial charge in [0.25, 0.3) is 0 Å². The summed E-state index contributed by atoms with van der Waals surface area (Å²) in [5.74, 6) is -1.01. The van der Waals surface area contributed by atoms with Gasteiger partial charge in [-0.2, -0.15) is 5.10 Å². The number of amides is 1. The largest absolute Gasteiger partial charge is 0.493 e. The molecule has 1 fully saturated rings. The van der Waals surface area contributed by atoms with Crippen LogP contribution in [0.25, 0.3) is 0 Å². The van der Waals surface area contributed by atoms with Gasteiger partial charge in [0.05, 0.1) is 26.5 Å². The number of aromatic nitrogens is 2. The van der Waals surface area contributed by atoms with E-state index in [1.54, 1.807) is 7.11 Å². The first-order chi connectivity index (χ1) is 20.2. The Kier molecular flexibility index (Phi) is 10.7. The van der Waals surface area contributed by atoms with E-state index >= 15 is 0 Å². The van der Waals surface area contributed by atoms with E-state index < -0.39 is 17.2 Å². The van der Waals surface area contributed by atoms with Gasteiger partial charge in [-0.15, -0.1) is 0 Å². The zero-order valence-electron chi connectivity index (χ0n) is 24.2. The van der Waals surface area contributed by atoms with Crippen molar-refractivity contribution >= 4 is 5.91 Å². The van der Waals surface area contributed by atoms with Crippen LogP contribution in [0.15, 0.2) is 48.8 Å². The number of halogens is 2. The minimum Gasteiger partial charge on any atom is -0.493 e. The summed E-state index contributed by atoms with van der Waals surface area (Å²) in [6.45, 7) is 4.34. The maximum Gasteiger partial charge on any atom is 0.248 e. The van der Waals surface area contributed by atoms with Crippen LogP contribution in [0.2, 0.25) is 0 Å². The zero-order valence-corrected chi connectivity index (χ0v) is 24.2. The number of aryl methyl sites for hydroxylation is 2. The fraction of sp³-hybridized carbons (Fsp3) is 0.467. The number of nitrogens with zero attached hydrogens (tertiary/aromatic N) is 4. The predicted molar refractivity (Wildman–Crippen MR) is 151 cm³/mol. The fourth-order valence-electron chi connectivity index (χ4n) is 4.87. The fourth-order valence-corrected chi connectivity index (χ4v) is 4.87. The number of β-amino-alcohol motifs (C(OH)–C–C–N with tert-alkyl or cyclic N) is 1. The summed E-state index contributed by atoms with van der Waals surface area (Å²) in [6.07, 6.45) is 4.59. The highest BCUT2D eigenvalue weighted by Crippen LogP contribution is 2.29. The van der Waals surface area contributed by atoms with Crippen molar-refractivity contribution in [3.05, 3.63) is 71.6 Å². The molecule has 12 heteroatoms. The maximum atomic E-state index is 13.7. The van der Waals surface area contributed by atoms with Crippen LogP contribution in [0, 0.1) is 18.6 Å². The maximum absolute atomic E-state index is 13.7. The van der Waals surface area contributed by atoms with E-state index in [1.807, 2.05) is 47.1 Å². The van der Waals surface area contributed by atoms with Crippen LogP contribution in [0.5, 0.6) is 17.2 Å². The van der Waals surface area contributed by atoms with Crippen LogP contribution < -0.4 is 14.2 Å². The SMILES string of the molecule is COCC(=O)N1CCN(Cc2ccc(OCCCn3cc(C)cn3)c(OC)c2)C[C@@](O)(COc2ccc(F)c(F)c2)C1. The van der Waals surface area contributed by atoms with Gasteiger partial charge in [-0.25, -0.2) is 8.78 Å². The Morgan fingerprint density at radius 1 is 1.05 bits per heavy atom. The molecule has 0 aliphatic carbocycles. The average Bonchev–Trinajstić information content (AvgIpc) is 3.31. The number of hydrogen-bond donors (Lipinski definition) is 1. The van der Waals surface area contributed by atoms with Crippen molar-refractivity contribution in [3.63, 3.8) is 0 Å². The molecule has 1 atom stereocenters. The molecule has 10 nitrogen and oxygen atoms in total. The molecular weight excluding hydrogens is 550 g/mol. The van der Waals surface area contributed by atoms with Crippen LogP contribution in [0.1, 0.15) is 17.5 Å². The van der Waals surface area contributed by atoms with Gasteiger partial charge >= 0.3 is 0 Å². The number of aliphatic hydroxyl groups is 1. The van der Waals surface area contributed by atoms with E-state index in [0.29, 0.717) is 37.7 Å². The minimum absolute atomic E-state index is 0.0103. The molecule has 0 bridgehead atoms. The molecule has 4 rings (SSSR count). The van der Waals surface area contributed by atoms with Crippen LogP contribution in [0.3, 0.4) is 0 Å². The Morgan fingerprint density at radius 2 is 1.88 bits per heavy atom. The van der Waals surface area contributed by atoms with E-state index in [0.717, 1.165) is 36.2 Å². The van der Waals surface area contributed by atoms with Crippen molar-refractivity contribution in [2.75, 3.05) is 60.2 Å². The molecule has 1 amide bonds. The second-order valence-corrected chi connectivity index (χ2v) is 10.5. The average molecular weight is 589 g/mol. The van der Waals surface area contributed by atoms with Crippen LogP contribution in [-0.2, 0) is 22.6 Å². The van der Waals surface area contributed by atoms with Gasteiger partial charge < -0.3 is 29.0 Å². The van der Waals surface area contributed by atoms with E-state index in [1.165, 1.54) is 18.1 Å². The molecule has 42 heavy (non-hydrogen) atoms. The van der Waals surface area contributed by atoms with E-state index in [2.05, 4.69) is 5.10 Å². The van der Waals surface area contributed by atoms with Gasteiger partial charge in [-0.1, -0.05) is 6.07 Å². The first-order valence-corrected chi connectivity index (χ1v) is 13.8. The Hall–Kier alpha value is -3.74. The van der Waals surface area contributed by atoms with Gasteiger partial charge in [-0.05, 0) is 42.3 Å². The second kappa shape index (κ2) is 14.4. The number of carbonyl (C=O) groups is 1. The van der Waals surface area contributed by atoms with Crippen LogP contribution in [0.4, 0.5) is 8.78 Å². The van der Waals surface area contributed by atoms with Gasteiger partial charge in [-0.3, -0.25) is 14.4 Å². The predicted octanol–water partition coefficient (Wildman–Crippen LogP) is 3.05. The molecule has 0 saturated carbocycles. The Morgan fingerprint density at radius 3 is 2.60 bits per heavy atom. The summed E-state index contributed by atoms with van der Waals surface area (Å²) in [5.41, 5.74) is 0.540. The molecule has 1 saturated heterocycles. The number of rotatable bonds is 13. The summed E-state index contributed by atoms with van der Waals surface area (Å²) in [4.78, 5) is 16.2. The van der Waals surface area contributed by atoms with Crippen LogP contribution >= 0.6 is 0 Å². The van der Waals surface area contributed by atoms with Crippen molar-refractivity contribution in [2.24, 2.45) is 0 Å². The normalized spacial score (nSPS) is 17.6. The molecule has 228 valence electrons. The molecule has 0 unspecified atom stereocenters. The van der Waals surface area contributed by atoms with E-state index in [9.17, 15) is 18.7 Å². The van der Waals surface area contributed by atoms with Crippen molar-refractivity contribution in [2.45, 2.75) is 32.0 Å². The van der Waals surface area contributed by atoms with E-state index in [4.69, 9.17) is 18.9 Å². The van der Waals surface area contributed by atoms with Crippen molar-refractivity contribution < 1.29 is 37.6 Å². The third kappa shape index (κ3) is 8.63. The van der Waals surface area contributed by atoms with E-state index in [-0.39, 0.29) is 38.0 Å². The number of carbonyl (C=O) groups excluding carboxylic acids is 1. The van der Waals surface area contributed by atoms with Gasteiger partial charge in [0.15, 0.2) is 23.1 Å². The Balaban J connectivity index is 1.41. The third-order valence-electron chi connectivity index (χ3n) is 6.89. The molecule has 1 aliphatic rings. The molecule has 1 aliphatic heterocycles.